The third kappa shape index (κ3) is 5.54. The standard InChI is InChI=1S/C19H24ClNO2/c1-2-21(12-13-22)11-6-14-23-19-10-9-17(20)15-18(19)16-7-4-3-5-8-16/h3-5,7-10,15,22H,2,6,11-14H2,1H3. The quantitative estimate of drug-likeness (QED) is 0.701. The van der Waals surface area contributed by atoms with E-state index in [0.29, 0.717) is 18.2 Å². The van der Waals surface area contributed by atoms with Gasteiger partial charge < -0.3 is 14.7 Å². The van der Waals surface area contributed by atoms with Gasteiger partial charge in [0.1, 0.15) is 5.75 Å². The molecule has 0 aliphatic carbocycles. The van der Waals surface area contributed by atoms with Gasteiger partial charge in [0.05, 0.1) is 13.2 Å². The van der Waals surface area contributed by atoms with Crippen LogP contribution in [0.4, 0.5) is 0 Å². The van der Waals surface area contributed by atoms with Crippen molar-refractivity contribution >= 4 is 11.6 Å². The largest absolute Gasteiger partial charge is 0.493 e. The Morgan fingerprint density at radius 1 is 1.09 bits per heavy atom. The smallest absolute Gasteiger partial charge is 0.127 e. The zero-order valence-electron chi connectivity index (χ0n) is 13.5. The van der Waals surface area contributed by atoms with Crippen molar-refractivity contribution in [2.75, 3.05) is 32.8 Å². The molecule has 2 aromatic rings. The van der Waals surface area contributed by atoms with Crippen LogP contribution in [0.25, 0.3) is 11.1 Å². The van der Waals surface area contributed by atoms with Crippen LogP contribution in [0.2, 0.25) is 5.02 Å². The zero-order valence-corrected chi connectivity index (χ0v) is 14.3. The van der Waals surface area contributed by atoms with E-state index in [1.54, 1.807) is 0 Å². The third-order valence-electron chi connectivity index (χ3n) is 3.77. The summed E-state index contributed by atoms with van der Waals surface area (Å²) in [5.41, 5.74) is 2.11. The van der Waals surface area contributed by atoms with E-state index < -0.39 is 0 Å². The van der Waals surface area contributed by atoms with Crippen molar-refractivity contribution < 1.29 is 9.84 Å². The summed E-state index contributed by atoms with van der Waals surface area (Å²) < 4.78 is 5.97. The van der Waals surface area contributed by atoms with Crippen LogP contribution in [0.1, 0.15) is 13.3 Å². The van der Waals surface area contributed by atoms with E-state index in [4.69, 9.17) is 21.4 Å². The minimum atomic E-state index is 0.198. The number of hydrogen-bond donors (Lipinski definition) is 1. The maximum Gasteiger partial charge on any atom is 0.127 e. The third-order valence-corrected chi connectivity index (χ3v) is 4.00. The molecule has 0 aliphatic rings. The molecular formula is C19H24ClNO2. The van der Waals surface area contributed by atoms with Gasteiger partial charge in [-0.1, -0.05) is 48.9 Å². The molecular weight excluding hydrogens is 310 g/mol. The van der Waals surface area contributed by atoms with Gasteiger partial charge in [0.25, 0.3) is 0 Å². The number of halogens is 1. The van der Waals surface area contributed by atoms with Crippen LogP contribution >= 0.6 is 11.6 Å². The highest BCUT2D eigenvalue weighted by molar-refractivity contribution is 6.31. The molecule has 0 aliphatic heterocycles. The first-order chi connectivity index (χ1) is 11.2. The average Bonchev–Trinajstić information content (AvgIpc) is 2.59. The summed E-state index contributed by atoms with van der Waals surface area (Å²) in [5.74, 6) is 0.853. The van der Waals surface area contributed by atoms with Gasteiger partial charge in [-0.3, -0.25) is 0 Å². The van der Waals surface area contributed by atoms with Gasteiger partial charge in [-0.05, 0) is 36.7 Å². The summed E-state index contributed by atoms with van der Waals surface area (Å²) in [5, 5.41) is 9.71. The van der Waals surface area contributed by atoms with E-state index >= 15 is 0 Å². The lowest BCUT2D eigenvalue weighted by Gasteiger charge is -2.19. The summed E-state index contributed by atoms with van der Waals surface area (Å²) in [6.45, 7) is 5.52. The maximum absolute atomic E-state index is 9.01. The van der Waals surface area contributed by atoms with Crippen LogP contribution in [0.3, 0.4) is 0 Å². The molecule has 0 amide bonds. The van der Waals surface area contributed by atoms with Crippen LogP contribution in [0.15, 0.2) is 48.5 Å². The molecule has 0 fully saturated rings. The highest BCUT2D eigenvalue weighted by Gasteiger charge is 2.08. The highest BCUT2D eigenvalue weighted by Crippen LogP contribution is 2.32. The molecule has 0 unspecified atom stereocenters. The van der Waals surface area contributed by atoms with Crippen molar-refractivity contribution in [3.8, 4) is 16.9 Å². The molecule has 0 heterocycles. The molecule has 2 rings (SSSR count). The molecule has 0 bridgehead atoms. The Hall–Kier alpha value is -1.55. The normalized spacial score (nSPS) is 11.0. The predicted octanol–water partition coefficient (Wildman–Crippen LogP) is 4.09. The van der Waals surface area contributed by atoms with E-state index in [-0.39, 0.29) is 6.61 Å². The van der Waals surface area contributed by atoms with Gasteiger partial charge >= 0.3 is 0 Å². The minimum Gasteiger partial charge on any atom is -0.493 e. The van der Waals surface area contributed by atoms with Crippen LogP contribution in [-0.2, 0) is 0 Å². The topological polar surface area (TPSA) is 32.7 Å². The molecule has 3 nitrogen and oxygen atoms in total. The number of nitrogens with zero attached hydrogens (tertiary/aromatic N) is 1. The first kappa shape index (κ1) is 17.8. The van der Waals surface area contributed by atoms with Crippen molar-refractivity contribution in [1.82, 2.24) is 4.90 Å². The lowest BCUT2D eigenvalue weighted by atomic mass is 10.0. The number of benzene rings is 2. The second-order valence-corrected chi connectivity index (χ2v) is 5.80. The molecule has 124 valence electrons. The summed E-state index contributed by atoms with van der Waals surface area (Å²) in [6, 6.07) is 15.8. The second-order valence-electron chi connectivity index (χ2n) is 5.37. The van der Waals surface area contributed by atoms with Gasteiger partial charge in [0, 0.05) is 23.7 Å². The number of aliphatic hydroxyl groups excluding tert-OH is 1. The minimum absolute atomic E-state index is 0.198. The van der Waals surface area contributed by atoms with Crippen molar-refractivity contribution in [2.24, 2.45) is 0 Å². The van der Waals surface area contributed by atoms with Gasteiger partial charge in [-0.2, -0.15) is 0 Å². The van der Waals surface area contributed by atoms with E-state index in [1.165, 1.54) is 0 Å². The Morgan fingerprint density at radius 2 is 1.87 bits per heavy atom. The Morgan fingerprint density at radius 3 is 2.57 bits per heavy atom. The zero-order chi connectivity index (χ0) is 16.5. The fraction of sp³-hybridized carbons (Fsp3) is 0.368. The number of aliphatic hydroxyl groups is 1. The molecule has 4 heteroatoms. The van der Waals surface area contributed by atoms with Crippen LogP contribution in [0.5, 0.6) is 5.75 Å². The summed E-state index contributed by atoms with van der Waals surface area (Å²) in [6.07, 6.45) is 0.921. The summed E-state index contributed by atoms with van der Waals surface area (Å²) in [7, 11) is 0. The summed E-state index contributed by atoms with van der Waals surface area (Å²) in [4.78, 5) is 2.21. The predicted molar refractivity (Wildman–Crippen MR) is 96.2 cm³/mol. The number of likely N-dealkylation sites (N-methyl/N-ethyl adjacent to an activating group) is 1. The van der Waals surface area contributed by atoms with Gasteiger partial charge in [-0.15, -0.1) is 0 Å². The van der Waals surface area contributed by atoms with Crippen molar-refractivity contribution in [3.05, 3.63) is 53.6 Å². The molecule has 0 aromatic heterocycles. The van der Waals surface area contributed by atoms with E-state index in [9.17, 15) is 0 Å². The number of hydrogen-bond acceptors (Lipinski definition) is 3. The second kappa shape index (κ2) is 9.56. The lowest BCUT2D eigenvalue weighted by molar-refractivity contribution is 0.189. The van der Waals surface area contributed by atoms with Gasteiger partial charge in [-0.25, -0.2) is 0 Å². The Labute approximate surface area is 143 Å². The Kier molecular flexibility index (Phi) is 7.40. The van der Waals surface area contributed by atoms with Crippen LogP contribution < -0.4 is 4.74 Å². The van der Waals surface area contributed by atoms with E-state index in [0.717, 1.165) is 36.4 Å². The lowest BCUT2D eigenvalue weighted by Crippen LogP contribution is -2.28. The van der Waals surface area contributed by atoms with Crippen molar-refractivity contribution in [1.29, 1.82) is 0 Å². The molecule has 23 heavy (non-hydrogen) atoms. The molecule has 0 atom stereocenters. The van der Waals surface area contributed by atoms with Crippen molar-refractivity contribution in [2.45, 2.75) is 13.3 Å². The van der Waals surface area contributed by atoms with Crippen molar-refractivity contribution in [3.63, 3.8) is 0 Å². The first-order valence-corrected chi connectivity index (χ1v) is 8.43. The Balaban J connectivity index is 1.98. The van der Waals surface area contributed by atoms with E-state index in [2.05, 4.69) is 24.0 Å². The Bertz CT molecular complexity index is 589. The van der Waals surface area contributed by atoms with Gasteiger partial charge in [0.2, 0.25) is 0 Å². The molecule has 0 saturated carbocycles. The summed E-state index contributed by atoms with van der Waals surface area (Å²) >= 11 is 6.14. The van der Waals surface area contributed by atoms with Crippen LogP contribution in [-0.4, -0.2) is 42.9 Å². The van der Waals surface area contributed by atoms with Crippen LogP contribution in [0, 0.1) is 0 Å². The molecule has 2 aromatic carbocycles. The number of rotatable bonds is 9. The highest BCUT2D eigenvalue weighted by atomic mass is 35.5. The molecule has 1 N–H and O–H groups in total. The monoisotopic (exact) mass is 333 g/mol. The fourth-order valence-corrected chi connectivity index (χ4v) is 2.68. The first-order valence-electron chi connectivity index (χ1n) is 8.05. The van der Waals surface area contributed by atoms with E-state index in [1.807, 2.05) is 36.4 Å². The number of ether oxygens (including phenoxy) is 1. The fourth-order valence-electron chi connectivity index (χ4n) is 2.51. The average molecular weight is 334 g/mol. The van der Waals surface area contributed by atoms with Gasteiger partial charge in [0.15, 0.2) is 0 Å². The maximum atomic E-state index is 9.01. The molecule has 0 radical (unpaired) electrons. The SMILES string of the molecule is CCN(CCO)CCCOc1ccc(Cl)cc1-c1ccccc1. The molecule has 0 saturated heterocycles. The molecule has 0 spiro atoms.